The molecule has 1 atom stereocenters. The average molecular weight is 188 g/mol. The fourth-order valence-corrected chi connectivity index (χ4v) is 1.96. The Morgan fingerprint density at radius 2 is 2.25 bits per heavy atom. The third-order valence-electron chi connectivity index (χ3n) is 1.53. The van der Waals surface area contributed by atoms with Crippen LogP contribution in [0.2, 0.25) is 0 Å². The first kappa shape index (κ1) is 9.86. The first-order valence-electron chi connectivity index (χ1n) is 4.12. The summed E-state index contributed by atoms with van der Waals surface area (Å²) in [6.07, 6.45) is 0. The maximum Gasteiger partial charge on any atom is 0.238 e. The Morgan fingerprint density at radius 3 is 2.67 bits per heavy atom. The summed E-state index contributed by atoms with van der Waals surface area (Å²) in [6.45, 7) is 5.98. The van der Waals surface area contributed by atoms with E-state index in [4.69, 9.17) is 0 Å². The number of hydrogen-bond donors (Lipinski definition) is 2. The van der Waals surface area contributed by atoms with E-state index < -0.39 is 0 Å². The summed E-state index contributed by atoms with van der Waals surface area (Å²) < 4.78 is 0. The molecule has 1 unspecified atom stereocenters. The largest absolute Gasteiger partial charge is 0.350 e. The molecule has 0 aromatic rings. The number of nitrogens with one attached hydrogen (secondary N) is 2. The lowest BCUT2D eigenvalue weighted by molar-refractivity contribution is -0.123. The topological polar surface area (TPSA) is 41.1 Å². The van der Waals surface area contributed by atoms with Crippen molar-refractivity contribution in [3.05, 3.63) is 0 Å². The minimum atomic E-state index is -0.119. The van der Waals surface area contributed by atoms with E-state index in [-0.39, 0.29) is 17.5 Å². The zero-order chi connectivity index (χ0) is 9.19. The summed E-state index contributed by atoms with van der Waals surface area (Å²) in [7, 11) is 0. The van der Waals surface area contributed by atoms with E-state index in [1.807, 2.05) is 20.8 Å². The van der Waals surface area contributed by atoms with Gasteiger partial charge in [-0.15, -0.1) is 11.8 Å². The van der Waals surface area contributed by atoms with Crippen molar-refractivity contribution in [2.45, 2.75) is 32.4 Å². The molecule has 4 heteroatoms. The monoisotopic (exact) mass is 188 g/mol. The summed E-state index contributed by atoms with van der Waals surface area (Å²) in [6, 6.07) is 0.00854. The van der Waals surface area contributed by atoms with Crippen molar-refractivity contribution in [1.82, 2.24) is 10.6 Å². The molecule has 0 aromatic heterocycles. The molecular weight excluding hydrogens is 172 g/mol. The van der Waals surface area contributed by atoms with Crippen LogP contribution >= 0.6 is 11.8 Å². The van der Waals surface area contributed by atoms with Gasteiger partial charge in [-0.05, 0) is 20.8 Å². The van der Waals surface area contributed by atoms with E-state index >= 15 is 0 Å². The molecule has 0 radical (unpaired) electrons. The van der Waals surface area contributed by atoms with Crippen LogP contribution in [0.5, 0.6) is 0 Å². The summed E-state index contributed by atoms with van der Waals surface area (Å²) in [5.74, 6) is 1.90. The molecular formula is C8H16N2OS. The van der Waals surface area contributed by atoms with Gasteiger partial charge in [-0.2, -0.15) is 0 Å². The van der Waals surface area contributed by atoms with Gasteiger partial charge in [-0.25, -0.2) is 0 Å². The second-order valence-electron chi connectivity index (χ2n) is 4.01. The van der Waals surface area contributed by atoms with E-state index in [1.165, 1.54) is 0 Å². The van der Waals surface area contributed by atoms with Crippen LogP contribution in [0.3, 0.4) is 0 Å². The second-order valence-corrected chi connectivity index (χ2v) is 5.04. The summed E-state index contributed by atoms with van der Waals surface area (Å²) in [5.41, 5.74) is -0.119. The number of carbonyl (C=O) groups is 1. The fourth-order valence-electron chi connectivity index (χ4n) is 1.02. The van der Waals surface area contributed by atoms with E-state index in [2.05, 4.69) is 10.6 Å². The highest BCUT2D eigenvalue weighted by atomic mass is 32.2. The highest BCUT2D eigenvalue weighted by molar-refractivity contribution is 7.99. The van der Waals surface area contributed by atoms with Gasteiger partial charge >= 0.3 is 0 Å². The molecule has 0 aliphatic carbocycles. The number of hydrogen-bond acceptors (Lipinski definition) is 3. The van der Waals surface area contributed by atoms with Crippen molar-refractivity contribution in [3.8, 4) is 0 Å². The third-order valence-corrected chi connectivity index (χ3v) is 2.47. The van der Waals surface area contributed by atoms with E-state index in [9.17, 15) is 4.79 Å². The summed E-state index contributed by atoms with van der Waals surface area (Å²) >= 11 is 1.76. The van der Waals surface area contributed by atoms with Crippen molar-refractivity contribution in [2.24, 2.45) is 0 Å². The van der Waals surface area contributed by atoms with Gasteiger partial charge in [0.1, 0.15) is 0 Å². The Morgan fingerprint density at radius 1 is 1.58 bits per heavy atom. The Bertz CT molecular complexity index is 170. The molecule has 0 bridgehead atoms. The zero-order valence-electron chi connectivity index (χ0n) is 7.81. The number of thioether (sulfide) groups is 1. The molecule has 1 amide bonds. The Balaban J connectivity index is 2.37. The zero-order valence-corrected chi connectivity index (χ0v) is 8.62. The Kier molecular flexibility index (Phi) is 3.01. The third kappa shape index (κ3) is 3.03. The van der Waals surface area contributed by atoms with Gasteiger partial charge in [0, 0.05) is 17.2 Å². The lowest BCUT2D eigenvalue weighted by Gasteiger charge is -2.22. The normalized spacial score (nSPS) is 24.1. The molecule has 3 nitrogen and oxygen atoms in total. The molecule has 1 aliphatic heterocycles. The predicted molar refractivity (Wildman–Crippen MR) is 52.1 cm³/mol. The molecule has 1 aliphatic rings. The average Bonchev–Trinajstić information content (AvgIpc) is 2.32. The minimum Gasteiger partial charge on any atom is -0.350 e. The molecule has 1 heterocycles. The number of amides is 1. The second kappa shape index (κ2) is 3.66. The molecule has 0 saturated carbocycles. The van der Waals surface area contributed by atoms with Gasteiger partial charge in [0.25, 0.3) is 0 Å². The predicted octanol–water partition coefficient (Wildman–Crippen LogP) is 0.564. The molecule has 1 rings (SSSR count). The lowest BCUT2D eigenvalue weighted by Crippen LogP contribution is -2.49. The molecule has 12 heavy (non-hydrogen) atoms. The van der Waals surface area contributed by atoms with Crippen LogP contribution in [-0.4, -0.2) is 29.1 Å². The van der Waals surface area contributed by atoms with Crippen molar-refractivity contribution < 1.29 is 4.79 Å². The van der Waals surface area contributed by atoms with E-state index in [0.717, 1.165) is 11.6 Å². The van der Waals surface area contributed by atoms with Gasteiger partial charge in [0.2, 0.25) is 5.91 Å². The molecule has 70 valence electrons. The van der Waals surface area contributed by atoms with E-state index in [1.54, 1.807) is 11.8 Å². The quantitative estimate of drug-likeness (QED) is 0.632. The van der Waals surface area contributed by atoms with Crippen LogP contribution in [-0.2, 0) is 4.79 Å². The number of rotatable bonds is 1. The summed E-state index contributed by atoms with van der Waals surface area (Å²) in [4.78, 5) is 11.5. The van der Waals surface area contributed by atoms with Gasteiger partial charge in [-0.3, -0.25) is 10.1 Å². The van der Waals surface area contributed by atoms with Gasteiger partial charge in [0.05, 0.1) is 6.04 Å². The molecule has 0 aromatic carbocycles. The molecule has 1 fully saturated rings. The Hall–Kier alpha value is -0.220. The van der Waals surface area contributed by atoms with Crippen molar-refractivity contribution >= 4 is 17.7 Å². The highest BCUT2D eigenvalue weighted by Gasteiger charge is 2.25. The van der Waals surface area contributed by atoms with Crippen molar-refractivity contribution in [1.29, 1.82) is 0 Å². The SMILES string of the molecule is CC(C)(C)NC(=O)C1CSCN1. The molecule has 0 spiro atoms. The highest BCUT2D eigenvalue weighted by Crippen LogP contribution is 2.10. The maximum absolute atomic E-state index is 11.5. The fraction of sp³-hybridized carbons (Fsp3) is 0.875. The van der Waals surface area contributed by atoms with Crippen molar-refractivity contribution in [2.75, 3.05) is 11.6 Å². The smallest absolute Gasteiger partial charge is 0.238 e. The first-order valence-corrected chi connectivity index (χ1v) is 5.28. The van der Waals surface area contributed by atoms with Crippen LogP contribution in [0.4, 0.5) is 0 Å². The van der Waals surface area contributed by atoms with Crippen LogP contribution in [0.1, 0.15) is 20.8 Å². The first-order chi connectivity index (χ1) is 5.49. The Labute approximate surface area is 77.7 Å². The van der Waals surface area contributed by atoms with Crippen LogP contribution in [0, 0.1) is 0 Å². The maximum atomic E-state index is 11.5. The van der Waals surface area contributed by atoms with Crippen LogP contribution in [0.15, 0.2) is 0 Å². The van der Waals surface area contributed by atoms with Gasteiger partial charge in [-0.1, -0.05) is 0 Å². The van der Waals surface area contributed by atoms with Gasteiger partial charge < -0.3 is 5.32 Å². The minimum absolute atomic E-state index is 0.00854. The summed E-state index contributed by atoms with van der Waals surface area (Å²) in [5, 5.41) is 6.08. The van der Waals surface area contributed by atoms with E-state index in [0.29, 0.717) is 0 Å². The van der Waals surface area contributed by atoms with Crippen LogP contribution < -0.4 is 10.6 Å². The van der Waals surface area contributed by atoms with Crippen molar-refractivity contribution in [3.63, 3.8) is 0 Å². The molecule has 2 N–H and O–H groups in total. The number of carbonyl (C=O) groups excluding carboxylic acids is 1. The molecule has 1 saturated heterocycles. The lowest BCUT2D eigenvalue weighted by atomic mass is 10.1. The standard InChI is InChI=1S/C8H16N2OS/c1-8(2,3)10-7(11)6-4-12-5-9-6/h6,9H,4-5H2,1-3H3,(H,10,11). The van der Waals surface area contributed by atoms with Crippen LogP contribution in [0.25, 0.3) is 0 Å². The van der Waals surface area contributed by atoms with Gasteiger partial charge in [0.15, 0.2) is 0 Å².